The second-order valence-electron chi connectivity index (χ2n) is 2.92. The summed E-state index contributed by atoms with van der Waals surface area (Å²) in [6.07, 6.45) is 0. The summed E-state index contributed by atoms with van der Waals surface area (Å²) >= 11 is 5.89. The van der Waals surface area contributed by atoms with Crippen molar-refractivity contribution in [1.82, 2.24) is 0 Å². The molecule has 0 heterocycles. The molecule has 0 fully saturated rings. The van der Waals surface area contributed by atoms with Gasteiger partial charge in [-0.3, -0.25) is 0 Å². The second-order valence-corrected chi connectivity index (χ2v) is 4.59. The summed E-state index contributed by atoms with van der Waals surface area (Å²) in [4.78, 5) is 0. The van der Waals surface area contributed by atoms with Crippen LogP contribution in [0.15, 0.2) is 40.9 Å². The lowest BCUT2D eigenvalue weighted by Gasteiger charge is -2.03. The van der Waals surface area contributed by atoms with Gasteiger partial charge in [0.15, 0.2) is 0 Å². The van der Waals surface area contributed by atoms with Crippen molar-refractivity contribution in [2.24, 2.45) is 0 Å². The maximum Gasteiger partial charge on any atom is 0.0253 e. The first kappa shape index (κ1) is 9.46. The third-order valence-electron chi connectivity index (χ3n) is 2.08. The summed E-state index contributed by atoms with van der Waals surface area (Å²) in [7, 11) is 0. The van der Waals surface area contributed by atoms with Gasteiger partial charge in [0.2, 0.25) is 0 Å². The van der Waals surface area contributed by atoms with Crippen LogP contribution in [0.25, 0.3) is 10.8 Å². The van der Waals surface area contributed by atoms with Crippen molar-refractivity contribution in [2.75, 3.05) is 0 Å². The van der Waals surface area contributed by atoms with E-state index in [0.717, 1.165) is 8.90 Å². The highest BCUT2D eigenvalue weighted by atomic mass is 127. The van der Waals surface area contributed by atoms with Crippen molar-refractivity contribution < 1.29 is 0 Å². The Labute approximate surface area is 99.6 Å². The highest BCUT2D eigenvalue weighted by molar-refractivity contribution is 14.1. The van der Waals surface area contributed by atoms with E-state index >= 15 is 0 Å². The summed E-state index contributed by atoms with van der Waals surface area (Å²) in [5.41, 5.74) is 1.40. The molecule has 0 spiro atoms. The first-order valence-corrected chi connectivity index (χ1v) is 6.36. The molecule has 0 nitrogen and oxygen atoms in total. The fourth-order valence-corrected chi connectivity index (χ4v) is 2.45. The minimum atomic E-state index is 1.06. The van der Waals surface area contributed by atoms with Gasteiger partial charge in [0.25, 0.3) is 0 Å². The summed E-state index contributed by atoms with van der Waals surface area (Å²) in [5, 5.41) is 2.67. The Balaban J connectivity index is 2.79. The topological polar surface area (TPSA) is 0 Å². The van der Waals surface area contributed by atoms with Crippen LogP contribution >= 0.6 is 38.5 Å². The standard InChI is InChI=1S/C11H8BrI/c12-10-5-4-8-2-1-3-9(7-13)11(8)6-10/h1-6H,7H2. The second kappa shape index (κ2) is 3.96. The molecule has 0 aliphatic rings. The van der Waals surface area contributed by atoms with Crippen LogP contribution in [0.1, 0.15) is 5.56 Å². The van der Waals surface area contributed by atoms with Gasteiger partial charge >= 0.3 is 0 Å². The zero-order valence-corrected chi connectivity index (χ0v) is 10.7. The van der Waals surface area contributed by atoms with E-state index in [4.69, 9.17) is 0 Å². The molecule has 13 heavy (non-hydrogen) atoms. The molecular formula is C11H8BrI. The molecular weight excluding hydrogens is 339 g/mol. The molecule has 0 bridgehead atoms. The largest absolute Gasteiger partial charge is 0.0812 e. The lowest BCUT2D eigenvalue weighted by molar-refractivity contribution is 1.51. The Morgan fingerprint density at radius 1 is 1.15 bits per heavy atom. The van der Waals surface area contributed by atoms with Gasteiger partial charge in [-0.25, -0.2) is 0 Å². The molecule has 0 atom stereocenters. The van der Waals surface area contributed by atoms with Crippen LogP contribution in [0, 0.1) is 0 Å². The summed E-state index contributed by atoms with van der Waals surface area (Å²) in [6.45, 7) is 0. The zero-order valence-electron chi connectivity index (χ0n) is 6.93. The highest BCUT2D eigenvalue weighted by Crippen LogP contribution is 2.24. The van der Waals surface area contributed by atoms with Crippen LogP contribution in [0.2, 0.25) is 0 Å². The van der Waals surface area contributed by atoms with Crippen molar-refractivity contribution in [3.8, 4) is 0 Å². The number of halogens is 2. The smallest absolute Gasteiger partial charge is 0.0253 e. The van der Waals surface area contributed by atoms with E-state index in [1.54, 1.807) is 0 Å². The Hall–Kier alpha value is -0.0900. The van der Waals surface area contributed by atoms with Gasteiger partial charge in [0.05, 0.1) is 0 Å². The first-order chi connectivity index (χ1) is 6.31. The molecule has 0 aromatic heterocycles. The Morgan fingerprint density at radius 2 is 2.00 bits per heavy atom. The SMILES string of the molecule is Brc1ccc2cccc(CI)c2c1. The van der Waals surface area contributed by atoms with Crippen LogP contribution in [-0.4, -0.2) is 0 Å². The van der Waals surface area contributed by atoms with Crippen LogP contribution in [-0.2, 0) is 4.43 Å². The van der Waals surface area contributed by atoms with Gasteiger partial charge in [-0.15, -0.1) is 0 Å². The number of alkyl halides is 1. The number of benzene rings is 2. The third-order valence-corrected chi connectivity index (χ3v) is 3.39. The Morgan fingerprint density at radius 3 is 2.77 bits per heavy atom. The van der Waals surface area contributed by atoms with E-state index in [-0.39, 0.29) is 0 Å². The summed E-state index contributed by atoms with van der Waals surface area (Å²) < 4.78 is 2.21. The van der Waals surface area contributed by atoms with Crippen molar-refractivity contribution in [3.05, 3.63) is 46.4 Å². The van der Waals surface area contributed by atoms with Crippen molar-refractivity contribution in [2.45, 2.75) is 4.43 Å². The molecule has 0 N–H and O–H groups in total. The van der Waals surface area contributed by atoms with Crippen molar-refractivity contribution in [1.29, 1.82) is 0 Å². The first-order valence-electron chi connectivity index (χ1n) is 4.04. The van der Waals surface area contributed by atoms with E-state index < -0.39 is 0 Å². The van der Waals surface area contributed by atoms with Crippen molar-refractivity contribution >= 4 is 49.3 Å². The summed E-state index contributed by atoms with van der Waals surface area (Å²) in [5.74, 6) is 0. The number of rotatable bonds is 1. The van der Waals surface area contributed by atoms with E-state index in [0.29, 0.717) is 0 Å². The third kappa shape index (κ3) is 1.89. The van der Waals surface area contributed by atoms with Gasteiger partial charge in [-0.1, -0.05) is 62.8 Å². The average molecular weight is 347 g/mol. The molecule has 0 aliphatic carbocycles. The van der Waals surface area contributed by atoms with Gasteiger partial charge in [0, 0.05) is 8.90 Å². The number of hydrogen-bond acceptors (Lipinski definition) is 0. The molecule has 0 unspecified atom stereocenters. The van der Waals surface area contributed by atoms with Crippen molar-refractivity contribution in [3.63, 3.8) is 0 Å². The zero-order chi connectivity index (χ0) is 9.26. The maximum atomic E-state index is 3.49. The molecule has 0 radical (unpaired) electrons. The number of hydrogen-bond donors (Lipinski definition) is 0. The molecule has 0 saturated heterocycles. The summed E-state index contributed by atoms with van der Waals surface area (Å²) in [6, 6.07) is 12.9. The number of fused-ring (bicyclic) bond motifs is 1. The van der Waals surface area contributed by atoms with E-state index in [9.17, 15) is 0 Å². The Kier molecular flexibility index (Phi) is 2.89. The van der Waals surface area contributed by atoms with Gasteiger partial charge in [0.1, 0.15) is 0 Å². The highest BCUT2D eigenvalue weighted by Gasteiger charge is 1.99. The fourth-order valence-electron chi connectivity index (χ4n) is 1.43. The van der Waals surface area contributed by atoms with Crippen LogP contribution in [0.3, 0.4) is 0 Å². The van der Waals surface area contributed by atoms with E-state index in [1.807, 2.05) is 0 Å². The predicted molar refractivity (Wildman–Crippen MR) is 69.4 cm³/mol. The van der Waals surface area contributed by atoms with E-state index in [2.05, 4.69) is 74.9 Å². The average Bonchev–Trinajstić information content (AvgIpc) is 2.17. The minimum absolute atomic E-state index is 1.06. The van der Waals surface area contributed by atoms with Gasteiger partial charge in [-0.05, 0) is 28.5 Å². The predicted octanol–water partition coefficient (Wildman–Crippen LogP) is 4.54. The van der Waals surface area contributed by atoms with Crippen LogP contribution < -0.4 is 0 Å². The molecule has 2 rings (SSSR count). The monoisotopic (exact) mass is 346 g/mol. The maximum absolute atomic E-state index is 3.49. The molecule has 0 saturated carbocycles. The molecule has 0 amide bonds. The van der Waals surface area contributed by atoms with Gasteiger partial charge < -0.3 is 0 Å². The Bertz CT molecular complexity index is 437. The lowest BCUT2D eigenvalue weighted by Crippen LogP contribution is -1.80. The van der Waals surface area contributed by atoms with Crippen LogP contribution in [0.5, 0.6) is 0 Å². The van der Waals surface area contributed by atoms with E-state index in [1.165, 1.54) is 16.3 Å². The normalized spacial score (nSPS) is 10.6. The quantitative estimate of drug-likeness (QED) is 0.525. The molecule has 0 aliphatic heterocycles. The molecule has 2 aromatic carbocycles. The minimum Gasteiger partial charge on any atom is -0.0812 e. The fraction of sp³-hybridized carbons (Fsp3) is 0.0909. The molecule has 66 valence electrons. The van der Waals surface area contributed by atoms with Crippen LogP contribution in [0.4, 0.5) is 0 Å². The lowest BCUT2D eigenvalue weighted by atomic mass is 10.1. The molecule has 2 heteroatoms. The molecule has 2 aromatic rings. The van der Waals surface area contributed by atoms with Gasteiger partial charge in [-0.2, -0.15) is 0 Å².